The van der Waals surface area contributed by atoms with E-state index in [-0.39, 0.29) is 5.54 Å². The van der Waals surface area contributed by atoms with Gasteiger partial charge in [-0.15, -0.1) is 0 Å². The van der Waals surface area contributed by atoms with Crippen molar-refractivity contribution in [1.29, 1.82) is 0 Å². The van der Waals surface area contributed by atoms with Crippen molar-refractivity contribution >= 4 is 11.8 Å². The highest BCUT2D eigenvalue weighted by atomic mass is 16.5. The number of anilines is 1. The zero-order chi connectivity index (χ0) is 19.2. The Labute approximate surface area is 168 Å². The summed E-state index contributed by atoms with van der Waals surface area (Å²) >= 11 is 0. The van der Waals surface area contributed by atoms with Crippen LogP contribution in [-0.4, -0.2) is 92.4 Å². The molecular formula is C21H34N6O. The lowest BCUT2D eigenvalue weighted by molar-refractivity contribution is -0.0166. The topological polar surface area (TPSA) is 56.2 Å². The second-order valence-electron chi connectivity index (χ2n) is 8.09. The lowest BCUT2D eigenvalue weighted by Crippen LogP contribution is -2.60. The summed E-state index contributed by atoms with van der Waals surface area (Å²) in [4.78, 5) is 16.5. The number of rotatable bonds is 4. The quantitative estimate of drug-likeness (QED) is 0.624. The Hall–Kier alpha value is -1.86. The van der Waals surface area contributed by atoms with Crippen molar-refractivity contribution in [3.05, 3.63) is 24.4 Å². The highest BCUT2D eigenvalue weighted by Crippen LogP contribution is 2.30. The van der Waals surface area contributed by atoms with Crippen molar-refractivity contribution in [2.24, 2.45) is 4.99 Å². The van der Waals surface area contributed by atoms with Gasteiger partial charge in [0.05, 0.1) is 0 Å². The summed E-state index contributed by atoms with van der Waals surface area (Å²) in [7, 11) is 1.90. The molecule has 3 saturated heterocycles. The molecule has 1 N–H and O–H groups in total. The molecule has 0 bridgehead atoms. The molecule has 3 fully saturated rings. The normalized spacial score (nSPS) is 23.8. The first kappa shape index (κ1) is 19.5. The number of hydrogen-bond acceptors (Lipinski definition) is 5. The van der Waals surface area contributed by atoms with E-state index in [1.54, 1.807) is 0 Å². The summed E-state index contributed by atoms with van der Waals surface area (Å²) in [6.45, 7) is 9.05. The number of nitrogens with one attached hydrogen (secondary N) is 1. The SMILES string of the molecule is CN=C(NCC1(N2CCCC2)CCOCC1)N1CCN(c2ccccn2)CC1. The van der Waals surface area contributed by atoms with Crippen LogP contribution in [0.2, 0.25) is 0 Å². The summed E-state index contributed by atoms with van der Waals surface area (Å²) in [5, 5.41) is 3.73. The molecule has 0 unspecified atom stereocenters. The van der Waals surface area contributed by atoms with Gasteiger partial charge in [-0.25, -0.2) is 4.98 Å². The highest BCUT2D eigenvalue weighted by molar-refractivity contribution is 5.80. The van der Waals surface area contributed by atoms with Gasteiger partial charge in [0, 0.05) is 64.7 Å². The maximum atomic E-state index is 5.68. The van der Waals surface area contributed by atoms with Crippen LogP contribution in [0.5, 0.6) is 0 Å². The Kier molecular flexibility index (Phi) is 6.32. The lowest BCUT2D eigenvalue weighted by atomic mass is 9.88. The lowest BCUT2D eigenvalue weighted by Gasteiger charge is -2.45. The highest BCUT2D eigenvalue weighted by Gasteiger charge is 2.40. The fraction of sp³-hybridized carbons (Fsp3) is 0.714. The maximum Gasteiger partial charge on any atom is 0.193 e. The van der Waals surface area contributed by atoms with Gasteiger partial charge in [-0.3, -0.25) is 9.89 Å². The number of likely N-dealkylation sites (tertiary alicyclic amines) is 1. The predicted molar refractivity (Wildman–Crippen MR) is 113 cm³/mol. The molecule has 7 nitrogen and oxygen atoms in total. The van der Waals surface area contributed by atoms with Crippen LogP contribution in [0.25, 0.3) is 0 Å². The summed E-state index contributed by atoms with van der Waals surface area (Å²) in [5.41, 5.74) is 0.223. The second kappa shape index (κ2) is 9.09. The van der Waals surface area contributed by atoms with Gasteiger partial charge in [-0.05, 0) is 50.9 Å². The van der Waals surface area contributed by atoms with E-state index in [1.165, 1.54) is 25.9 Å². The molecule has 7 heteroatoms. The maximum absolute atomic E-state index is 5.68. The first-order chi connectivity index (χ1) is 13.8. The number of aliphatic imine (C=N–C) groups is 1. The number of guanidine groups is 1. The summed E-state index contributed by atoms with van der Waals surface area (Å²) in [6.07, 6.45) is 6.75. The van der Waals surface area contributed by atoms with E-state index >= 15 is 0 Å². The molecule has 0 aliphatic carbocycles. The van der Waals surface area contributed by atoms with Gasteiger partial charge in [0.2, 0.25) is 0 Å². The molecule has 1 aromatic rings. The number of piperazine rings is 1. The van der Waals surface area contributed by atoms with Crippen molar-refractivity contribution in [1.82, 2.24) is 20.1 Å². The minimum absolute atomic E-state index is 0.223. The third-order valence-electron chi connectivity index (χ3n) is 6.54. The fourth-order valence-corrected chi connectivity index (χ4v) is 4.81. The Morgan fingerprint density at radius 3 is 2.50 bits per heavy atom. The average Bonchev–Trinajstić information content (AvgIpc) is 3.32. The van der Waals surface area contributed by atoms with Crippen LogP contribution in [0.3, 0.4) is 0 Å². The molecule has 4 rings (SSSR count). The Morgan fingerprint density at radius 1 is 1.11 bits per heavy atom. The molecule has 0 atom stereocenters. The van der Waals surface area contributed by atoms with Crippen LogP contribution in [0, 0.1) is 0 Å². The molecule has 1 aromatic heterocycles. The zero-order valence-corrected chi connectivity index (χ0v) is 17.1. The Bertz CT molecular complexity index is 632. The first-order valence-electron chi connectivity index (χ1n) is 10.8. The van der Waals surface area contributed by atoms with E-state index < -0.39 is 0 Å². The molecule has 154 valence electrons. The van der Waals surface area contributed by atoms with Gasteiger partial charge < -0.3 is 19.9 Å². The second-order valence-corrected chi connectivity index (χ2v) is 8.09. The van der Waals surface area contributed by atoms with Crippen LogP contribution in [0.4, 0.5) is 5.82 Å². The van der Waals surface area contributed by atoms with Crippen molar-refractivity contribution < 1.29 is 4.74 Å². The van der Waals surface area contributed by atoms with E-state index in [2.05, 4.69) is 42.1 Å². The summed E-state index contributed by atoms with van der Waals surface area (Å²) in [5.74, 6) is 2.10. The van der Waals surface area contributed by atoms with Crippen LogP contribution >= 0.6 is 0 Å². The molecule has 0 spiro atoms. The molecule has 0 aromatic carbocycles. The third kappa shape index (κ3) is 4.25. The predicted octanol–water partition coefficient (Wildman–Crippen LogP) is 1.42. The van der Waals surface area contributed by atoms with Crippen LogP contribution in [0.1, 0.15) is 25.7 Å². The van der Waals surface area contributed by atoms with Gasteiger partial charge in [0.15, 0.2) is 5.96 Å². The fourth-order valence-electron chi connectivity index (χ4n) is 4.81. The van der Waals surface area contributed by atoms with Crippen LogP contribution in [-0.2, 0) is 4.74 Å². The Balaban J connectivity index is 1.34. The van der Waals surface area contributed by atoms with Crippen LogP contribution < -0.4 is 10.2 Å². The smallest absolute Gasteiger partial charge is 0.193 e. The average molecular weight is 387 g/mol. The van der Waals surface area contributed by atoms with Crippen molar-refractivity contribution in [3.63, 3.8) is 0 Å². The van der Waals surface area contributed by atoms with E-state index in [9.17, 15) is 0 Å². The summed E-state index contributed by atoms with van der Waals surface area (Å²) in [6, 6.07) is 6.12. The van der Waals surface area contributed by atoms with Gasteiger partial charge in [-0.2, -0.15) is 0 Å². The third-order valence-corrected chi connectivity index (χ3v) is 6.54. The van der Waals surface area contributed by atoms with Crippen LogP contribution in [0.15, 0.2) is 29.4 Å². The number of nitrogens with zero attached hydrogens (tertiary/aromatic N) is 5. The molecular weight excluding hydrogens is 352 g/mol. The first-order valence-corrected chi connectivity index (χ1v) is 10.8. The monoisotopic (exact) mass is 386 g/mol. The van der Waals surface area contributed by atoms with Gasteiger partial charge in [0.25, 0.3) is 0 Å². The van der Waals surface area contributed by atoms with Crippen molar-refractivity contribution in [3.8, 4) is 0 Å². The molecule has 0 amide bonds. The van der Waals surface area contributed by atoms with Gasteiger partial charge in [-0.1, -0.05) is 6.07 Å². The van der Waals surface area contributed by atoms with E-state index in [0.29, 0.717) is 0 Å². The number of aromatic nitrogens is 1. The minimum Gasteiger partial charge on any atom is -0.381 e. The number of pyridine rings is 1. The van der Waals surface area contributed by atoms with Gasteiger partial charge >= 0.3 is 0 Å². The number of hydrogen-bond donors (Lipinski definition) is 1. The molecule has 0 radical (unpaired) electrons. The van der Waals surface area contributed by atoms with Gasteiger partial charge in [0.1, 0.15) is 5.82 Å². The van der Waals surface area contributed by atoms with E-state index in [0.717, 1.165) is 70.6 Å². The van der Waals surface area contributed by atoms with E-state index in [1.807, 2.05) is 19.3 Å². The Morgan fingerprint density at radius 2 is 1.86 bits per heavy atom. The molecule has 0 saturated carbocycles. The number of ether oxygens (including phenoxy) is 1. The van der Waals surface area contributed by atoms with Crippen molar-refractivity contribution in [2.45, 2.75) is 31.2 Å². The molecule has 4 heterocycles. The molecule has 3 aliphatic heterocycles. The molecule has 3 aliphatic rings. The van der Waals surface area contributed by atoms with Crippen molar-refractivity contribution in [2.75, 3.05) is 71.0 Å². The minimum atomic E-state index is 0.223. The standard InChI is InChI=1S/C21H34N6O/c1-22-20(26-14-12-25(13-15-26)19-6-2-3-9-23-19)24-18-21(7-16-28-17-8-21)27-10-4-5-11-27/h2-3,6,9H,4-5,7-8,10-18H2,1H3,(H,22,24). The largest absolute Gasteiger partial charge is 0.381 e. The zero-order valence-electron chi connectivity index (χ0n) is 17.1. The summed E-state index contributed by atoms with van der Waals surface area (Å²) < 4.78 is 5.68. The van der Waals surface area contributed by atoms with E-state index in [4.69, 9.17) is 4.74 Å². The molecule has 28 heavy (non-hydrogen) atoms.